The summed E-state index contributed by atoms with van der Waals surface area (Å²) in [5.41, 5.74) is 3.69. The molecule has 0 aliphatic heterocycles. The van der Waals surface area contributed by atoms with Crippen molar-refractivity contribution in [1.82, 2.24) is 4.90 Å². The average molecular weight is 285 g/mol. The molecular weight excluding hydrogens is 266 g/mol. The first kappa shape index (κ1) is 14.8. The zero-order valence-corrected chi connectivity index (χ0v) is 12.7. The molecule has 1 N–H and O–H groups in total. The molecule has 0 saturated heterocycles. The predicted molar refractivity (Wildman–Crippen MR) is 84.6 cm³/mol. The SMILES string of the molecule is Cc1ccccc1CN(C)Cc1cc(C#CCO)cs1. The Morgan fingerprint density at radius 1 is 1.25 bits per heavy atom. The van der Waals surface area contributed by atoms with Crippen LogP contribution in [0.3, 0.4) is 0 Å². The van der Waals surface area contributed by atoms with E-state index in [9.17, 15) is 0 Å². The van der Waals surface area contributed by atoms with Gasteiger partial charge in [0.15, 0.2) is 0 Å². The van der Waals surface area contributed by atoms with Gasteiger partial charge in [0.05, 0.1) is 0 Å². The van der Waals surface area contributed by atoms with E-state index >= 15 is 0 Å². The van der Waals surface area contributed by atoms with Gasteiger partial charge in [-0.15, -0.1) is 11.3 Å². The molecule has 0 unspecified atom stereocenters. The summed E-state index contributed by atoms with van der Waals surface area (Å²) in [7, 11) is 2.13. The van der Waals surface area contributed by atoms with Crippen molar-refractivity contribution in [2.75, 3.05) is 13.7 Å². The van der Waals surface area contributed by atoms with Gasteiger partial charge >= 0.3 is 0 Å². The van der Waals surface area contributed by atoms with Crippen molar-refractivity contribution >= 4 is 11.3 Å². The molecule has 0 fully saturated rings. The molecule has 0 radical (unpaired) electrons. The van der Waals surface area contributed by atoms with Crippen molar-refractivity contribution < 1.29 is 5.11 Å². The second-order valence-corrected chi connectivity index (χ2v) is 5.86. The van der Waals surface area contributed by atoms with Crippen LogP contribution < -0.4 is 0 Å². The summed E-state index contributed by atoms with van der Waals surface area (Å²) in [6, 6.07) is 10.6. The largest absolute Gasteiger partial charge is 0.384 e. The lowest BCUT2D eigenvalue weighted by molar-refractivity contribution is 0.321. The van der Waals surface area contributed by atoms with E-state index in [0.29, 0.717) is 0 Å². The Hall–Kier alpha value is -1.60. The Bertz CT molecular complexity index is 621. The number of aliphatic hydroxyl groups excluding tert-OH is 1. The van der Waals surface area contributed by atoms with Gasteiger partial charge in [0.1, 0.15) is 6.61 Å². The van der Waals surface area contributed by atoms with Gasteiger partial charge in [-0.3, -0.25) is 4.90 Å². The Balaban J connectivity index is 1.96. The molecule has 0 bridgehead atoms. The first-order chi connectivity index (χ1) is 9.69. The van der Waals surface area contributed by atoms with Crippen molar-refractivity contribution in [3.63, 3.8) is 0 Å². The van der Waals surface area contributed by atoms with Crippen LogP contribution in [-0.2, 0) is 13.1 Å². The van der Waals surface area contributed by atoms with Crippen LogP contribution in [0.4, 0.5) is 0 Å². The Labute approximate surface area is 124 Å². The number of aliphatic hydroxyl groups is 1. The summed E-state index contributed by atoms with van der Waals surface area (Å²) in [6.07, 6.45) is 0. The average Bonchev–Trinajstić information content (AvgIpc) is 2.86. The fraction of sp³-hybridized carbons (Fsp3) is 0.294. The van der Waals surface area contributed by atoms with E-state index in [0.717, 1.165) is 18.7 Å². The lowest BCUT2D eigenvalue weighted by atomic mass is 10.1. The summed E-state index contributed by atoms with van der Waals surface area (Å²) in [5.74, 6) is 5.62. The normalized spacial score (nSPS) is 10.4. The van der Waals surface area contributed by atoms with Crippen LogP contribution in [0.5, 0.6) is 0 Å². The van der Waals surface area contributed by atoms with Gasteiger partial charge in [-0.1, -0.05) is 36.1 Å². The number of rotatable bonds is 4. The highest BCUT2D eigenvalue weighted by molar-refractivity contribution is 7.10. The summed E-state index contributed by atoms with van der Waals surface area (Å²) in [4.78, 5) is 3.60. The van der Waals surface area contributed by atoms with E-state index in [1.165, 1.54) is 16.0 Å². The van der Waals surface area contributed by atoms with Crippen molar-refractivity contribution in [3.8, 4) is 11.8 Å². The van der Waals surface area contributed by atoms with Crippen LogP contribution in [0.15, 0.2) is 35.7 Å². The highest BCUT2D eigenvalue weighted by Crippen LogP contribution is 2.17. The van der Waals surface area contributed by atoms with Gasteiger partial charge in [0.2, 0.25) is 0 Å². The topological polar surface area (TPSA) is 23.5 Å². The minimum atomic E-state index is -0.0850. The van der Waals surface area contributed by atoms with Gasteiger partial charge in [-0.2, -0.15) is 0 Å². The smallest absolute Gasteiger partial charge is 0.104 e. The third kappa shape index (κ3) is 4.21. The molecule has 0 spiro atoms. The summed E-state index contributed by atoms with van der Waals surface area (Å²) in [6.45, 7) is 3.93. The second-order valence-electron chi connectivity index (χ2n) is 4.86. The zero-order valence-electron chi connectivity index (χ0n) is 11.9. The van der Waals surface area contributed by atoms with E-state index < -0.39 is 0 Å². The number of thiophene rings is 1. The predicted octanol–water partition coefficient (Wildman–Crippen LogP) is 3.03. The van der Waals surface area contributed by atoms with E-state index in [1.54, 1.807) is 11.3 Å². The van der Waals surface area contributed by atoms with E-state index in [-0.39, 0.29) is 6.61 Å². The molecule has 20 heavy (non-hydrogen) atoms. The molecule has 0 aliphatic rings. The van der Waals surface area contributed by atoms with Crippen molar-refractivity contribution in [2.24, 2.45) is 0 Å². The van der Waals surface area contributed by atoms with Crippen molar-refractivity contribution in [3.05, 3.63) is 57.3 Å². The van der Waals surface area contributed by atoms with Gasteiger partial charge in [-0.25, -0.2) is 0 Å². The third-order valence-electron chi connectivity index (χ3n) is 3.09. The molecule has 3 heteroatoms. The van der Waals surface area contributed by atoms with E-state index in [4.69, 9.17) is 5.11 Å². The molecule has 0 aliphatic carbocycles. The number of hydrogen-bond donors (Lipinski definition) is 1. The quantitative estimate of drug-likeness (QED) is 0.873. The maximum Gasteiger partial charge on any atom is 0.104 e. The monoisotopic (exact) mass is 285 g/mol. The second kappa shape index (κ2) is 7.25. The standard InChI is InChI=1S/C17H19NOS/c1-14-6-3-4-8-16(14)11-18(2)12-17-10-15(13-20-17)7-5-9-19/h3-4,6,8,10,13,19H,9,11-12H2,1-2H3. The van der Waals surface area contributed by atoms with E-state index in [1.807, 2.05) is 5.38 Å². The molecule has 0 saturated carbocycles. The molecule has 2 rings (SSSR count). The van der Waals surface area contributed by atoms with Crippen LogP contribution in [0.25, 0.3) is 0 Å². The molecule has 104 valence electrons. The first-order valence-corrected chi connectivity index (χ1v) is 7.47. The number of benzene rings is 1. The fourth-order valence-corrected chi connectivity index (χ4v) is 2.97. The number of hydrogen-bond acceptors (Lipinski definition) is 3. The summed E-state index contributed by atoms with van der Waals surface area (Å²) < 4.78 is 0. The minimum absolute atomic E-state index is 0.0850. The molecule has 1 heterocycles. The lowest BCUT2D eigenvalue weighted by Gasteiger charge is -2.17. The first-order valence-electron chi connectivity index (χ1n) is 6.59. The fourth-order valence-electron chi connectivity index (χ4n) is 2.07. The molecule has 1 aromatic carbocycles. The van der Waals surface area contributed by atoms with Crippen LogP contribution in [0.1, 0.15) is 21.6 Å². The summed E-state index contributed by atoms with van der Waals surface area (Å²) in [5, 5.41) is 10.7. The highest BCUT2D eigenvalue weighted by Gasteiger charge is 2.05. The molecule has 2 aromatic rings. The maximum atomic E-state index is 8.69. The Kier molecular flexibility index (Phi) is 5.37. The van der Waals surface area contributed by atoms with Gasteiger partial charge in [0.25, 0.3) is 0 Å². The van der Waals surface area contributed by atoms with Gasteiger partial charge < -0.3 is 5.11 Å². The minimum Gasteiger partial charge on any atom is -0.384 e. The highest BCUT2D eigenvalue weighted by atomic mass is 32.1. The molecule has 2 nitrogen and oxygen atoms in total. The van der Waals surface area contributed by atoms with Crippen LogP contribution in [-0.4, -0.2) is 23.7 Å². The number of nitrogens with zero attached hydrogens (tertiary/aromatic N) is 1. The van der Waals surface area contributed by atoms with Crippen LogP contribution in [0.2, 0.25) is 0 Å². The molecule has 0 atom stereocenters. The van der Waals surface area contributed by atoms with Gasteiger partial charge in [0, 0.05) is 28.9 Å². The van der Waals surface area contributed by atoms with Crippen molar-refractivity contribution in [2.45, 2.75) is 20.0 Å². The molecule has 0 amide bonds. The van der Waals surface area contributed by atoms with Crippen LogP contribution >= 0.6 is 11.3 Å². The molecular formula is C17H19NOS. The van der Waals surface area contributed by atoms with Crippen LogP contribution in [0, 0.1) is 18.8 Å². The number of aryl methyl sites for hydroxylation is 1. The van der Waals surface area contributed by atoms with Crippen molar-refractivity contribution in [1.29, 1.82) is 0 Å². The molecule has 1 aromatic heterocycles. The zero-order chi connectivity index (χ0) is 14.4. The Morgan fingerprint density at radius 3 is 2.80 bits per heavy atom. The maximum absolute atomic E-state index is 8.69. The summed E-state index contributed by atoms with van der Waals surface area (Å²) >= 11 is 1.72. The third-order valence-corrected chi connectivity index (χ3v) is 4.01. The Morgan fingerprint density at radius 2 is 2.05 bits per heavy atom. The van der Waals surface area contributed by atoms with E-state index in [2.05, 4.69) is 61.0 Å². The van der Waals surface area contributed by atoms with Gasteiger partial charge in [-0.05, 0) is 31.2 Å². The lowest BCUT2D eigenvalue weighted by Crippen LogP contribution is -2.17.